The van der Waals surface area contributed by atoms with Crippen LogP contribution in [0, 0.1) is 20.8 Å². The molecule has 0 bridgehead atoms. The van der Waals surface area contributed by atoms with E-state index in [1.165, 1.54) is 61.9 Å². The van der Waals surface area contributed by atoms with Gasteiger partial charge in [0.2, 0.25) is 0 Å². The van der Waals surface area contributed by atoms with Crippen molar-refractivity contribution in [2.45, 2.75) is 60.3 Å². The van der Waals surface area contributed by atoms with Gasteiger partial charge < -0.3 is 4.57 Å². The van der Waals surface area contributed by atoms with Gasteiger partial charge in [-0.25, -0.2) is 4.57 Å². The molecule has 184 valence electrons. The van der Waals surface area contributed by atoms with Crippen LogP contribution in [0.15, 0.2) is 72.8 Å². The largest absolute Gasteiger partial charge is 0.318 e. The molecule has 0 amide bonds. The first-order valence-corrected chi connectivity index (χ1v) is 13.1. The first-order valence-electron chi connectivity index (χ1n) is 13.1. The smallest absolute Gasteiger partial charge is 0.295 e. The quantitative estimate of drug-likeness (QED) is 0.228. The van der Waals surface area contributed by atoms with E-state index < -0.39 is 0 Å². The summed E-state index contributed by atoms with van der Waals surface area (Å²) in [5, 5.41) is 0. The van der Waals surface area contributed by atoms with Crippen molar-refractivity contribution < 1.29 is 4.57 Å². The third-order valence-electron chi connectivity index (χ3n) is 7.57. The predicted octanol–water partition coefficient (Wildman–Crippen LogP) is 8.08. The van der Waals surface area contributed by atoms with Crippen molar-refractivity contribution in [1.82, 2.24) is 9.13 Å². The summed E-state index contributed by atoms with van der Waals surface area (Å²) in [6.45, 7) is 15.8. The standard InChI is InChI=1S/C33H38N3/c1-21(2)27-12-11-13-28(22(3)4)32(27)36-31-15-10-9-14-30(31)34(8)33(36)29-20-26(19-16-23(29)5)35-24(6)17-18-25(35)7/h9-22H,1-8H3/q+1. The van der Waals surface area contributed by atoms with Gasteiger partial charge in [-0.05, 0) is 74.6 Å². The van der Waals surface area contributed by atoms with Crippen molar-refractivity contribution in [2.75, 3.05) is 0 Å². The van der Waals surface area contributed by atoms with Gasteiger partial charge in [0.05, 0.1) is 12.6 Å². The van der Waals surface area contributed by atoms with Gasteiger partial charge >= 0.3 is 0 Å². The average molecular weight is 477 g/mol. The lowest BCUT2D eigenvalue weighted by atomic mass is 9.92. The molecule has 2 aromatic heterocycles. The maximum Gasteiger partial charge on any atom is 0.295 e. The SMILES string of the molecule is Cc1ccc(-n2c(C)ccc2C)cc1-c1n(-c2c(C(C)C)cccc2C(C)C)c2ccccc2[n+]1C. The normalized spacial score (nSPS) is 11.8. The van der Waals surface area contributed by atoms with E-state index in [1.54, 1.807) is 0 Å². The number of hydrogen-bond acceptors (Lipinski definition) is 0. The number of imidazole rings is 1. The van der Waals surface area contributed by atoms with Crippen LogP contribution in [-0.2, 0) is 7.05 Å². The highest BCUT2D eigenvalue weighted by Crippen LogP contribution is 2.37. The lowest BCUT2D eigenvalue weighted by Gasteiger charge is -2.19. The molecule has 0 aliphatic heterocycles. The molecule has 0 spiro atoms. The van der Waals surface area contributed by atoms with Crippen molar-refractivity contribution in [2.24, 2.45) is 7.05 Å². The van der Waals surface area contributed by atoms with E-state index in [4.69, 9.17) is 0 Å². The number of aryl methyl sites for hydroxylation is 4. The summed E-state index contributed by atoms with van der Waals surface area (Å²) in [5.74, 6) is 2.04. The molecule has 2 heterocycles. The molecule has 0 saturated carbocycles. The highest BCUT2D eigenvalue weighted by molar-refractivity contribution is 5.81. The fraction of sp³-hybridized carbons (Fsp3) is 0.303. The molecule has 0 unspecified atom stereocenters. The molecule has 3 heteroatoms. The van der Waals surface area contributed by atoms with Crippen LogP contribution < -0.4 is 4.57 Å². The van der Waals surface area contributed by atoms with Gasteiger partial charge in [0.15, 0.2) is 11.0 Å². The second-order valence-corrected chi connectivity index (χ2v) is 10.8. The van der Waals surface area contributed by atoms with Gasteiger partial charge in [0.1, 0.15) is 5.69 Å². The Morgan fingerprint density at radius 1 is 0.667 bits per heavy atom. The van der Waals surface area contributed by atoms with E-state index in [2.05, 4.69) is 142 Å². The molecule has 5 rings (SSSR count). The van der Waals surface area contributed by atoms with Crippen LogP contribution in [0.4, 0.5) is 0 Å². The summed E-state index contributed by atoms with van der Waals surface area (Å²) in [5.41, 5.74) is 12.8. The Kier molecular flexibility index (Phi) is 6.12. The van der Waals surface area contributed by atoms with E-state index in [-0.39, 0.29) is 0 Å². The minimum absolute atomic E-state index is 0.413. The fourth-order valence-electron chi connectivity index (χ4n) is 5.68. The summed E-state index contributed by atoms with van der Waals surface area (Å²) >= 11 is 0. The molecule has 3 nitrogen and oxygen atoms in total. The maximum atomic E-state index is 2.53. The van der Waals surface area contributed by atoms with Crippen LogP contribution in [0.5, 0.6) is 0 Å². The van der Waals surface area contributed by atoms with Crippen LogP contribution in [0.2, 0.25) is 0 Å². The number of aromatic nitrogens is 3. The van der Waals surface area contributed by atoms with Crippen molar-refractivity contribution >= 4 is 11.0 Å². The number of benzene rings is 3. The molecule has 0 radical (unpaired) electrons. The Balaban J connectivity index is 1.92. The van der Waals surface area contributed by atoms with E-state index >= 15 is 0 Å². The Bertz CT molecular complexity index is 1530. The van der Waals surface area contributed by atoms with Crippen molar-refractivity contribution in [3.05, 3.63) is 101 Å². The molecular formula is C33H38N3+. The van der Waals surface area contributed by atoms with Gasteiger partial charge in [-0.3, -0.25) is 0 Å². The van der Waals surface area contributed by atoms with Gasteiger partial charge in [-0.1, -0.05) is 64.1 Å². The van der Waals surface area contributed by atoms with E-state index in [0.29, 0.717) is 11.8 Å². The summed E-state index contributed by atoms with van der Waals surface area (Å²) in [6.07, 6.45) is 0. The lowest BCUT2D eigenvalue weighted by Crippen LogP contribution is -2.30. The van der Waals surface area contributed by atoms with Gasteiger partial charge in [0.25, 0.3) is 5.82 Å². The van der Waals surface area contributed by atoms with Crippen LogP contribution in [0.25, 0.3) is 33.8 Å². The summed E-state index contributed by atoms with van der Waals surface area (Å²) < 4.78 is 7.25. The van der Waals surface area contributed by atoms with E-state index in [9.17, 15) is 0 Å². The number of fused-ring (bicyclic) bond motifs is 1. The zero-order chi connectivity index (χ0) is 25.7. The monoisotopic (exact) mass is 476 g/mol. The summed E-state index contributed by atoms with van der Waals surface area (Å²) in [4.78, 5) is 0. The Labute approximate surface area is 215 Å². The zero-order valence-corrected chi connectivity index (χ0v) is 22.9. The minimum atomic E-state index is 0.413. The molecule has 0 atom stereocenters. The molecule has 0 aliphatic carbocycles. The van der Waals surface area contributed by atoms with Crippen LogP contribution in [0.3, 0.4) is 0 Å². The van der Waals surface area contributed by atoms with Crippen molar-refractivity contribution in [3.63, 3.8) is 0 Å². The first-order chi connectivity index (χ1) is 17.2. The van der Waals surface area contributed by atoms with Crippen molar-refractivity contribution in [1.29, 1.82) is 0 Å². The predicted molar refractivity (Wildman–Crippen MR) is 152 cm³/mol. The Hall–Kier alpha value is -3.59. The third-order valence-corrected chi connectivity index (χ3v) is 7.57. The van der Waals surface area contributed by atoms with Crippen LogP contribution in [0.1, 0.15) is 67.6 Å². The number of para-hydroxylation sites is 3. The maximum absolute atomic E-state index is 2.53. The lowest BCUT2D eigenvalue weighted by molar-refractivity contribution is -0.633. The second-order valence-electron chi connectivity index (χ2n) is 10.8. The van der Waals surface area contributed by atoms with E-state index in [1.807, 2.05) is 0 Å². The number of rotatable bonds is 5. The van der Waals surface area contributed by atoms with Crippen molar-refractivity contribution in [3.8, 4) is 22.8 Å². The fourth-order valence-corrected chi connectivity index (χ4v) is 5.68. The topological polar surface area (TPSA) is 13.7 Å². The highest BCUT2D eigenvalue weighted by atomic mass is 15.2. The molecule has 36 heavy (non-hydrogen) atoms. The molecule has 0 N–H and O–H groups in total. The molecule has 0 saturated heterocycles. The molecule has 0 fully saturated rings. The average Bonchev–Trinajstić information content (AvgIpc) is 3.34. The summed E-state index contributed by atoms with van der Waals surface area (Å²) in [6, 6.07) is 26.9. The Morgan fingerprint density at radius 2 is 1.28 bits per heavy atom. The number of hydrogen-bond donors (Lipinski definition) is 0. The molecular weight excluding hydrogens is 438 g/mol. The highest BCUT2D eigenvalue weighted by Gasteiger charge is 2.31. The summed E-state index contributed by atoms with van der Waals surface area (Å²) in [7, 11) is 2.21. The third kappa shape index (κ3) is 3.78. The van der Waals surface area contributed by atoms with E-state index in [0.717, 1.165) is 0 Å². The molecule has 5 aromatic rings. The molecule has 3 aromatic carbocycles. The van der Waals surface area contributed by atoms with Gasteiger partial charge in [-0.2, -0.15) is 4.57 Å². The number of nitrogens with zero attached hydrogens (tertiary/aromatic N) is 3. The van der Waals surface area contributed by atoms with Crippen LogP contribution in [-0.4, -0.2) is 9.13 Å². The molecule has 0 aliphatic rings. The zero-order valence-electron chi connectivity index (χ0n) is 22.9. The Morgan fingerprint density at radius 3 is 1.89 bits per heavy atom. The van der Waals surface area contributed by atoms with Gasteiger partial charge in [0, 0.05) is 28.2 Å². The van der Waals surface area contributed by atoms with Crippen LogP contribution >= 0.6 is 0 Å². The first kappa shape index (κ1) is 24.1. The minimum Gasteiger partial charge on any atom is -0.318 e. The second kappa shape index (κ2) is 9.13. The van der Waals surface area contributed by atoms with Gasteiger partial charge in [-0.15, -0.1) is 0 Å².